The molecule has 14 heavy (non-hydrogen) atoms. The van der Waals surface area contributed by atoms with Gasteiger partial charge in [0.05, 0.1) is 11.2 Å². The van der Waals surface area contributed by atoms with Gasteiger partial charge in [0, 0.05) is 11.8 Å². The highest BCUT2D eigenvalue weighted by molar-refractivity contribution is 6.54. The van der Waals surface area contributed by atoms with Gasteiger partial charge in [0.25, 0.3) is 0 Å². The molecule has 0 saturated carbocycles. The Morgan fingerprint density at radius 3 is 2.00 bits per heavy atom. The Labute approximate surface area is 85.1 Å². The molecule has 0 atom stereocenters. The van der Waals surface area contributed by atoms with Gasteiger partial charge in [-0.3, -0.25) is 0 Å². The fraction of sp³-hybridized carbons (Fsp3) is 0.667. The van der Waals surface area contributed by atoms with Gasteiger partial charge in [-0.1, -0.05) is 0 Å². The zero-order valence-corrected chi connectivity index (χ0v) is 9.13. The summed E-state index contributed by atoms with van der Waals surface area (Å²) in [6.45, 7) is 7.85. The van der Waals surface area contributed by atoms with Gasteiger partial charge in [0.1, 0.15) is 0 Å². The standard InChI is InChI=1S/C9H17BN2O2/c1-8(2)9(3,4)14-10(13-8)7(12)5-6-11/h5-6,11H,12H2,1-4H3/b7-5-,11-6?. The van der Waals surface area contributed by atoms with E-state index in [-0.39, 0.29) is 11.2 Å². The molecule has 0 unspecified atom stereocenters. The highest BCUT2D eigenvalue weighted by Crippen LogP contribution is 2.37. The number of nitrogens with two attached hydrogens (primary N) is 1. The van der Waals surface area contributed by atoms with Gasteiger partial charge in [-0.2, -0.15) is 0 Å². The molecule has 0 aromatic heterocycles. The van der Waals surface area contributed by atoms with E-state index in [4.69, 9.17) is 20.5 Å². The van der Waals surface area contributed by atoms with E-state index in [1.165, 1.54) is 6.08 Å². The minimum atomic E-state index is -0.540. The van der Waals surface area contributed by atoms with Crippen LogP contribution >= 0.6 is 0 Å². The van der Waals surface area contributed by atoms with Crippen molar-refractivity contribution in [2.45, 2.75) is 38.9 Å². The van der Waals surface area contributed by atoms with Crippen molar-refractivity contribution in [3.05, 3.63) is 11.7 Å². The summed E-state index contributed by atoms with van der Waals surface area (Å²) in [6, 6.07) is 0. The van der Waals surface area contributed by atoms with Crippen LogP contribution in [-0.4, -0.2) is 24.5 Å². The SMILES string of the molecule is CC1(C)OB(/C(N)=C/C=N)OC1(C)C. The Bertz CT molecular complexity index is 258. The lowest BCUT2D eigenvalue weighted by atomic mass is 9.85. The molecule has 1 fully saturated rings. The third-order valence-electron chi connectivity index (χ3n) is 2.80. The van der Waals surface area contributed by atoms with E-state index in [9.17, 15) is 0 Å². The van der Waals surface area contributed by atoms with Crippen molar-refractivity contribution in [2.75, 3.05) is 0 Å². The van der Waals surface area contributed by atoms with Gasteiger partial charge in [-0.25, -0.2) is 0 Å². The lowest BCUT2D eigenvalue weighted by Gasteiger charge is -2.32. The molecule has 1 aliphatic rings. The number of nitrogens with one attached hydrogen (secondary N) is 1. The number of hydrogen-bond acceptors (Lipinski definition) is 4. The average molecular weight is 196 g/mol. The first-order chi connectivity index (χ1) is 6.30. The van der Waals surface area contributed by atoms with Gasteiger partial charge in [0.2, 0.25) is 0 Å². The first-order valence-electron chi connectivity index (χ1n) is 4.62. The minimum Gasteiger partial charge on any atom is -0.405 e. The monoisotopic (exact) mass is 196 g/mol. The summed E-state index contributed by atoms with van der Waals surface area (Å²) in [6.07, 6.45) is 2.60. The van der Waals surface area contributed by atoms with Crippen LogP contribution in [-0.2, 0) is 9.31 Å². The minimum absolute atomic E-state index is 0.377. The topological polar surface area (TPSA) is 68.3 Å². The molecule has 0 aromatic rings. The predicted molar refractivity (Wildman–Crippen MR) is 57.1 cm³/mol. The Morgan fingerprint density at radius 1 is 1.21 bits per heavy atom. The van der Waals surface area contributed by atoms with Crippen LogP contribution < -0.4 is 5.73 Å². The highest BCUT2D eigenvalue weighted by atomic mass is 16.7. The second-order valence-corrected chi connectivity index (χ2v) is 4.42. The number of allylic oxidation sites excluding steroid dienone is 1. The molecule has 0 aliphatic carbocycles. The molecule has 78 valence electrons. The van der Waals surface area contributed by atoms with E-state index in [0.717, 1.165) is 6.21 Å². The lowest BCUT2D eigenvalue weighted by Crippen LogP contribution is -2.41. The van der Waals surface area contributed by atoms with Crippen LogP contribution in [0.2, 0.25) is 0 Å². The van der Waals surface area contributed by atoms with Gasteiger partial charge >= 0.3 is 7.12 Å². The fourth-order valence-corrected chi connectivity index (χ4v) is 1.15. The molecule has 0 bridgehead atoms. The summed E-state index contributed by atoms with van der Waals surface area (Å²) in [4.78, 5) is 0. The molecule has 5 heteroatoms. The molecular weight excluding hydrogens is 179 g/mol. The van der Waals surface area contributed by atoms with Crippen LogP contribution in [0.5, 0.6) is 0 Å². The molecule has 1 aliphatic heterocycles. The van der Waals surface area contributed by atoms with E-state index in [2.05, 4.69) is 0 Å². The van der Waals surface area contributed by atoms with E-state index in [0.29, 0.717) is 5.60 Å². The first-order valence-corrected chi connectivity index (χ1v) is 4.62. The average Bonchev–Trinajstić information content (AvgIpc) is 2.22. The second kappa shape index (κ2) is 3.40. The van der Waals surface area contributed by atoms with Crippen LogP contribution in [0, 0.1) is 5.41 Å². The molecule has 0 aromatic carbocycles. The van der Waals surface area contributed by atoms with Gasteiger partial charge in [-0.15, -0.1) is 0 Å². The number of hydrogen-bond donors (Lipinski definition) is 2. The number of rotatable bonds is 2. The maximum absolute atomic E-state index is 6.90. The van der Waals surface area contributed by atoms with E-state index in [1.807, 2.05) is 27.7 Å². The zero-order valence-electron chi connectivity index (χ0n) is 9.13. The third kappa shape index (κ3) is 1.83. The summed E-state index contributed by atoms with van der Waals surface area (Å²) in [5.41, 5.74) is 5.37. The molecule has 1 heterocycles. The normalized spacial score (nSPS) is 25.1. The maximum Gasteiger partial charge on any atom is 0.511 e. The van der Waals surface area contributed by atoms with Crippen molar-refractivity contribution in [3.63, 3.8) is 0 Å². The Morgan fingerprint density at radius 2 is 1.64 bits per heavy atom. The summed E-state index contributed by atoms with van der Waals surface area (Å²) < 4.78 is 11.3. The van der Waals surface area contributed by atoms with Crippen molar-refractivity contribution >= 4 is 13.3 Å². The largest absolute Gasteiger partial charge is 0.511 e. The fourth-order valence-electron chi connectivity index (χ4n) is 1.15. The van der Waals surface area contributed by atoms with Crippen molar-refractivity contribution in [3.8, 4) is 0 Å². The van der Waals surface area contributed by atoms with E-state index in [1.54, 1.807) is 0 Å². The second-order valence-electron chi connectivity index (χ2n) is 4.42. The van der Waals surface area contributed by atoms with Crippen molar-refractivity contribution in [1.29, 1.82) is 5.41 Å². The summed E-state index contributed by atoms with van der Waals surface area (Å²) in [5.74, 6) is 0. The van der Waals surface area contributed by atoms with Crippen LogP contribution in [0.25, 0.3) is 0 Å². The predicted octanol–water partition coefficient (Wildman–Crippen LogP) is 1.11. The molecule has 0 spiro atoms. The molecule has 0 amide bonds. The molecule has 1 rings (SSSR count). The van der Waals surface area contributed by atoms with Crippen LogP contribution in [0.15, 0.2) is 11.7 Å². The molecular formula is C9H17BN2O2. The van der Waals surface area contributed by atoms with Gasteiger partial charge < -0.3 is 20.5 Å². The molecule has 0 radical (unpaired) electrons. The Kier molecular flexibility index (Phi) is 2.74. The molecule has 4 nitrogen and oxygen atoms in total. The highest BCUT2D eigenvalue weighted by Gasteiger charge is 2.52. The molecule has 1 saturated heterocycles. The first kappa shape index (κ1) is 11.3. The van der Waals surface area contributed by atoms with E-state index >= 15 is 0 Å². The smallest absolute Gasteiger partial charge is 0.405 e. The van der Waals surface area contributed by atoms with Crippen LogP contribution in [0.1, 0.15) is 27.7 Å². The Hall–Kier alpha value is -0.805. The van der Waals surface area contributed by atoms with Crippen molar-refractivity contribution in [1.82, 2.24) is 0 Å². The third-order valence-corrected chi connectivity index (χ3v) is 2.80. The summed E-state index contributed by atoms with van der Waals surface area (Å²) >= 11 is 0. The quantitative estimate of drug-likeness (QED) is 0.513. The van der Waals surface area contributed by atoms with Crippen molar-refractivity contribution < 1.29 is 9.31 Å². The van der Waals surface area contributed by atoms with Crippen molar-refractivity contribution in [2.24, 2.45) is 5.73 Å². The Balaban J connectivity index is 2.83. The van der Waals surface area contributed by atoms with E-state index < -0.39 is 7.12 Å². The maximum atomic E-state index is 6.90. The van der Waals surface area contributed by atoms with Gasteiger partial charge in [-0.05, 0) is 33.8 Å². The summed E-state index contributed by atoms with van der Waals surface area (Å²) in [7, 11) is -0.540. The van der Waals surface area contributed by atoms with Crippen LogP contribution in [0.3, 0.4) is 0 Å². The summed E-state index contributed by atoms with van der Waals surface area (Å²) in [5, 5.41) is 6.90. The van der Waals surface area contributed by atoms with Gasteiger partial charge in [0.15, 0.2) is 0 Å². The van der Waals surface area contributed by atoms with Crippen LogP contribution in [0.4, 0.5) is 0 Å². The lowest BCUT2D eigenvalue weighted by molar-refractivity contribution is 0.00578. The molecule has 3 N–H and O–H groups in total. The zero-order chi connectivity index (χ0) is 11.0.